The molecule has 3 nitrogen and oxygen atoms in total. The Morgan fingerprint density at radius 3 is 2.73 bits per heavy atom. The fraction of sp³-hybridized carbons (Fsp3) is 0.588. The van der Waals surface area contributed by atoms with Crippen molar-refractivity contribution in [3.63, 3.8) is 0 Å². The summed E-state index contributed by atoms with van der Waals surface area (Å²) in [5.41, 5.74) is 0.759. The van der Waals surface area contributed by atoms with Gasteiger partial charge in [-0.1, -0.05) is 12.5 Å². The molecule has 0 bridgehead atoms. The quantitative estimate of drug-likeness (QED) is 0.898. The molecule has 2 fully saturated rings. The Kier molecular flexibility index (Phi) is 4.71. The third-order valence-electron chi connectivity index (χ3n) is 4.90. The second-order valence-corrected chi connectivity index (χ2v) is 6.45. The number of carbonyl (C=O) groups excluding carboxylic acids is 1. The highest BCUT2D eigenvalue weighted by Crippen LogP contribution is 2.30. The zero-order chi connectivity index (χ0) is 15.5. The highest BCUT2D eigenvalue weighted by molar-refractivity contribution is 5.76. The summed E-state index contributed by atoms with van der Waals surface area (Å²) in [6.07, 6.45) is 4.90. The smallest absolute Gasteiger partial charge is 0.220 e. The predicted molar refractivity (Wildman–Crippen MR) is 80.5 cm³/mol. The molecule has 0 aromatic heterocycles. The summed E-state index contributed by atoms with van der Waals surface area (Å²) in [7, 11) is 0. The van der Waals surface area contributed by atoms with Gasteiger partial charge in [-0.3, -0.25) is 4.79 Å². The molecule has 2 atom stereocenters. The van der Waals surface area contributed by atoms with Gasteiger partial charge in [0, 0.05) is 24.9 Å². The predicted octanol–water partition coefficient (Wildman–Crippen LogP) is 2.72. The highest BCUT2D eigenvalue weighted by Gasteiger charge is 2.29. The third kappa shape index (κ3) is 3.46. The molecule has 1 aliphatic carbocycles. The lowest BCUT2D eigenvalue weighted by atomic mass is 9.82. The van der Waals surface area contributed by atoms with Crippen LogP contribution < -0.4 is 10.6 Å². The molecule has 1 aromatic rings. The van der Waals surface area contributed by atoms with Crippen LogP contribution in [0.15, 0.2) is 18.2 Å². The van der Waals surface area contributed by atoms with E-state index in [0.717, 1.165) is 31.4 Å². The molecule has 1 amide bonds. The van der Waals surface area contributed by atoms with Gasteiger partial charge in [0.15, 0.2) is 11.6 Å². The maximum absolute atomic E-state index is 13.5. The Balaban J connectivity index is 1.67. The second kappa shape index (κ2) is 6.73. The largest absolute Gasteiger partial charge is 0.351 e. The second-order valence-electron chi connectivity index (χ2n) is 6.45. The molecule has 1 saturated carbocycles. The zero-order valence-corrected chi connectivity index (χ0v) is 12.6. The van der Waals surface area contributed by atoms with E-state index in [0.29, 0.717) is 18.9 Å². The van der Waals surface area contributed by atoms with E-state index >= 15 is 0 Å². The number of hydrogen-bond acceptors (Lipinski definition) is 2. The number of rotatable bonds is 4. The normalized spacial score (nSPS) is 25.5. The minimum absolute atomic E-state index is 0.0293. The van der Waals surface area contributed by atoms with Gasteiger partial charge in [0.2, 0.25) is 5.91 Å². The van der Waals surface area contributed by atoms with Crippen molar-refractivity contribution in [2.75, 3.05) is 13.1 Å². The van der Waals surface area contributed by atoms with E-state index in [1.807, 2.05) is 0 Å². The summed E-state index contributed by atoms with van der Waals surface area (Å²) < 4.78 is 26.6. The Hall–Kier alpha value is -1.49. The number of halogens is 2. The van der Waals surface area contributed by atoms with Crippen molar-refractivity contribution in [3.8, 4) is 0 Å². The molecule has 1 heterocycles. The lowest BCUT2D eigenvalue weighted by Crippen LogP contribution is -2.50. The number of benzene rings is 1. The molecule has 2 unspecified atom stereocenters. The molecule has 1 aromatic carbocycles. The number of amides is 1. The van der Waals surface area contributed by atoms with E-state index < -0.39 is 11.6 Å². The van der Waals surface area contributed by atoms with Gasteiger partial charge in [-0.05, 0) is 49.4 Å². The first kappa shape index (κ1) is 15.4. The SMILES string of the molecule is O=C(CC1CCC1)NC1CNCCC1c1ccc(F)c(F)c1. The summed E-state index contributed by atoms with van der Waals surface area (Å²) in [4.78, 5) is 12.1. The van der Waals surface area contributed by atoms with E-state index in [4.69, 9.17) is 0 Å². The van der Waals surface area contributed by atoms with Crippen LogP contribution in [0.3, 0.4) is 0 Å². The summed E-state index contributed by atoms with van der Waals surface area (Å²) in [6, 6.07) is 3.99. The van der Waals surface area contributed by atoms with Crippen molar-refractivity contribution in [1.82, 2.24) is 10.6 Å². The van der Waals surface area contributed by atoms with Gasteiger partial charge in [-0.15, -0.1) is 0 Å². The van der Waals surface area contributed by atoms with Crippen molar-refractivity contribution < 1.29 is 13.6 Å². The van der Waals surface area contributed by atoms with Crippen LogP contribution in [0.1, 0.15) is 43.6 Å². The number of hydrogen-bond donors (Lipinski definition) is 2. The lowest BCUT2D eigenvalue weighted by molar-refractivity contribution is -0.123. The van der Waals surface area contributed by atoms with Gasteiger partial charge in [0.05, 0.1) is 0 Å². The number of nitrogens with one attached hydrogen (secondary N) is 2. The molecular formula is C17H22F2N2O. The average molecular weight is 308 g/mol. The fourth-order valence-corrected chi connectivity index (χ4v) is 3.38. The Morgan fingerprint density at radius 2 is 2.05 bits per heavy atom. The van der Waals surface area contributed by atoms with E-state index in [2.05, 4.69) is 10.6 Å². The van der Waals surface area contributed by atoms with E-state index in [1.165, 1.54) is 18.6 Å². The van der Waals surface area contributed by atoms with Crippen molar-refractivity contribution in [2.24, 2.45) is 5.92 Å². The molecule has 1 saturated heterocycles. The zero-order valence-electron chi connectivity index (χ0n) is 12.6. The molecule has 5 heteroatoms. The van der Waals surface area contributed by atoms with Crippen LogP contribution in [0.4, 0.5) is 8.78 Å². The highest BCUT2D eigenvalue weighted by atomic mass is 19.2. The molecule has 0 spiro atoms. The van der Waals surface area contributed by atoms with Crippen LogP contribution in [-0.2, 0) is 4.79 Å². The van der Waals surface area contributed by atoms with Crippen LogP contribution in [0.5, 0.6) is 0 Å². The van der Waals surface area contributed by atoms with Gasteiger partial charge >= 0.3 is 0 Å². The first-order chi connectivity index (χ1) is 10.6. The number of carbonyl (C=O) groups is 1. The average Bonchev–Trinajstić information content (AvgIpc) is 2.47. The molecule has 3 rings (SSSR count). The molecule has 2 N–H and O–H groups in total. The van der Waals surface area contributed by atoms with E-state index in [1.54, 1.807) is 6.07 Å². The summed E-state index contributed by atoms with van der Waals surface area (Å²) in [5.74, 6) is -1.02. The van der Waals surface area contributed by atoms with Crippen LogP contribution >= 0.6 is 0 Å². The fourth-order valence-electron chi connectivity index (χ4n) is 3.38. The van der Waals surface area contributed by atoms with Crippen molar-refractivity contribution >= 4 is 5.91 Å². The van der Waals surface area contributed by atoms with Crippen LogP contribution in [0.2, 0.25) is 0 Å². The topological polar surface area (TPSA) is 41.1 Å². The Labute approximate surface area is 129 Å². The van der Waals surface area contributed by atoms with E-state index in [9.17, 15) is 13.6 Å². The lowest BCUT2D eigenvalue weighted by Gasteiger charge is -2.34. The Morgan fingerprint density at radius 1 is 1.23 bits per heavy atom. The molecular weight excluding hydrogens is 286 g/mol. The molecule has 0 radical (unpaired) electrons. The summed E-state index contributed by atoms with van der Waals surface area (Å²) >= 11 is 0. The van der Waals surface area contributed by atoms with Gasteiger partial charge < -0.3 is 10.6 Å². The molecule has 120 valence electrons. The van der Waals surface area contributed by atoms with Crippen molar-refractivity contribution in [2.45, 2.75) is 44.1 Å². The van der Waals surface area contributed by atoms with Crippen LogP contribution in [-0.4, -0.2) is 25.0 Å². The molecule has 2 aliphatic rings. The molecule has 1 aliphatic heterocycles. The first-order valence-corrected chi connectivity index (χ1v) is 8.08. The maximum Gasteiger partial charge on any atom is 0.220 e. The minimum atomic E-state index is -0.830. The van der Waals surface area contributed by atoms with Gasteiger partial charge in [0.25, 0.3) is 0 Å². The third-order valence-corrected chi connectivity index (χ3v) is 4.90. The Bertz CT molecular complexity index is 545. The van der Waals surface area contributed by atoms with Crippen LogP contribution in [0, 0.1) is 17.6 Å². The molecule has 22 heavy (non-hydrogen) atoms. The number of piperidine rings is 1. The van der Waals surface area contributed by atoms with Gasteiger partial charge in [0.1, 0.15) is 0 Å². The summed E-state index contributed by atoms with van der Waals surface area (Å²) in [5, 5.41) is 6.35. The van der Waals surface area contributed by atoms with E-state index in [-0.39, 0.29) is 17.9 Å². The van der Waals surface area contributed by atoms with Crippen molar-refractivity contribution in [3.05, 3.63) is 35.4 Å². The maximum atomic E-state index is 13.5. The van der Waals surface area contributed by atoms with Gasteiger partial charge in [-0.25, -0.2) is 8.78 Å². The van der Waals surface area contributed by atoms with Crippen LogP contribution in [0.25, 0.3) is 0 Å². The minimum Gasteiger partial charge on any atom is -0.351 e. The van der Waals surface area contributed by atoms with Crippen molar-refractivity contribution in [1.29, 1.82) is 0 Å². The standard InChI is InChI=1S/C17H22F2N2O/c18-14-5-4-12(9-15(14)19)13-6-7-20-10-16(13)21-17(22)8-11-2-1-3-11/h4-5,9,11,13,16,20H,1-3,6-8,10H2,(H,21,22). The monoisotopic (exact) mass is 308 g/mol. The first-order valence-electron chi connectivity index (χ1n) is 8.08. The van der Waals surface area contributed by atoms with Gasteiger partial charge in [-0.2, -0.15) is 0 Å². The summed E-state index contributed by atoms with van der Waals surface area (Å²) in [6.45, 7) is 1.48.